The van der Waals surface area contributed by atoms with E-state index in [0.29, 0.717) is 25.2 Å². The first-order chi connectivity index (χ1) is 11.3. The van der Waals surface area contributed by atoms with Crippen molar-refractivity contribution in [2.24, 2.45) is 0 Å². The predicted octanol–water partition coefficient (Wildman–Crippen LogP) is 1.44. The average Bonchev–Trinajstić information content (AvgIpc) is 3.34. The van der Waals surface area contributed by atoms with Crippen LogP contribution >= 0.6 is 0 Å². The number of epoxide rings is 1. The minimum absolute atomic E-state index is 0.147. The Balaban J connectivity index is 0.000000496. The maximum atomic E-state index is 11.1. The second-order valence-electron chi connectivity index (χ2n) is 4.79. The monoisotopic (exact) mass is 342 g/mol. The molecule has 1 rings (SSSR count). The van der Waals surface area contributed by atoms with Crippen LogP contribution < -0.4 is 0 Å². The van der Waals surface area contributed by atoms with Crippen LogP contribution in [0.25, 0.3) is 0 Å². The maximum Gasteiger partial charge on any atom is 0.381 e. The van der Waals surface area contributed by atoms with Gasteiger partial charge in [-0.25, -0.2) is 24.2 Å². The molecule has 1 heterocycles. The van der Waals surface area contributed by atoms with Crippen molar-refractivity contribution in [2.45, 2.75) is 39.7 Å². The summed E-state index contributed by atoms with van der Waals surface area (Å²) in [5, 5.41) is 0. The molecule has 0 spiro atoms. The second-order valence-corrected chi connectivity index (χ2v) is 4.79. The highest BCUT2D eigenvalue weighted by Crippen LogP contribution is 2.08. The Kier molecular flexibility index (Phi) is 10.8. The van der Waals surface area contributed by atoms with E-state index in [1.165, 1.54) is 6.92 Å². The zero-order valence-electron chi connectivity index (χ0n) is 14.0. The summed E-state index contributed by atoms with van der Waals surface area (Å²) < 4.78 is 9.42. The number of hydrogen-bond acceptors (Lipinski definition) is 8. The van der Waals surface area contributed by atoms with Crippen LogP contribution in [-0.2, 0) is 38.4 Å². The van der Waals surface area contributed by atoms with Gasteiger partial charge in [-0.15, -0.1) is 0 Å². The molecule has 8 nitrogen and oxygen atoms in total. The van der Waals surface area contributed by atoms with Crippen molar-refractivity contribution >= 4 is 23.7 Å². The number of carbonyl (C=O) groups is 4. The molecule has 0 aliphatic carbocycles. The third kappa shape index (κ3) is 12.1. The number of hydrogen-bond donors (Lipinski definition) is 0. The molecule has 1 aliphatic rings. The predicted molar refractivity (Wildman–Crippen MR) is 82.4 cm³/mol. The Morgan fingerprint density at radius 2 is 1.83 bits per heavy atom. The van der Waals surface area contributed by atoms with Gasteiger partial charge in [-0.3, -0.25) is 4.79 Å². The fourth-order valence-electron chi connectivity index (χ4n) is 1.17. The van der Waals surface area contributed by atoms with E-state index in [-0.39, 0.29) is 17.9 Å². The number of ketones is 1. The summed E-state index contributed by atoms with van der Waals surface area (Å²) in [6, 6.07) is 0. The van der Waals surface area contributed by atoms with Gasteiger partial charge in [-0.2, -0.15) is 0 Å². The first-order valence-electron chi connectivity index (χ1n) is 7.28. The van der Waals surface area contributed by atoms with Gasteiger partial charge >= 0.3 is 17.9 Å². The van der Waals surface area contributed by atoms with Gasteiger partial charge in [-0.05, 0) is 20.3 Å². The molecule has 0 radical (unpaired) electrons. The molecule has 1 unspecified atom stereocenters. The number of allylic oxidation sites excluding steroid dienone is 1. The molecule has 0 aromatic rings. The molecule has 0 amide bonds. The van der Waals surface area contributed by atoms with Crippen molar-refractivity contribution in [3.63, 3.8) is 0 Å². The molecule has 24 heavy (non-hydrogen) atoms. The lowest BCUT2D eigenvalue weighted by atomic mass is 10.2. The van der Waals surface area contributed by atoms with Crippen molar-refractivity contribution in [1.29, 1.82) is 0 Å². The normalized spacial score (nSPS) is 15.3. The summed E-state index contributed by atoms with van der Waals surface area (Å²) in [6.07, 6.45) is 3.21. The van der Waals surface area contributed by atoms with Gasteiger partial charge < -0.3 is 9.47 Å². The SMILES string of the molecule is C=CC(=O)OCC1CO1.CCC=C(C)C(=O)OOC(=O)CC(C)=O. The number of Topliss-reactive ketones (excluding diaryl/α,β-unsaturated/α-hetero) is 1. The topological polar surface area (TPSA) is 108 Å². The van der Waals surface area contributed by atoms with Crippen LogP contribution in [-0.4, -0.2) is 43.0 Å². The summed E-state index contributed by atoms with van der Waals surface area (Å²) in [6.45, 7) is 8.97. The largest absolute Gasteiger partial charge is 0.460 e. The van der Waals surface area contributed by atoms with E-state index in [1.807, 2.05) is 6.92 Å². The smallest absolute Gasteiger partial charge is 0.381 e. The van der Waals surface area contributed by atoms with Crippen LogP contribution in [0.15, 0.2) is 24.3 Å². The van der Waals surface area contributed by atoms with Crippen molar-refractivity contribution in [2.75, 3.05) is 13.2 Å². The van der Waals surface area contributed by atoms with E-state index >= 15 is 0 Å². The molecule has 1 saturated heterocycles. The zero-order chi connectivity index (χ0) is 18.5. The molecule has 1 atom stereocenters. The molecule has 1 aliphatic heterocycles. The summed E-state index contributed by atoms with van der Waals surface area (Å²) in [4.78, 5) is 51.0. The van der Waals surface area contributed by atoms with Crippen LogP contribution in [0.5, 0.6) is 0 Å². The lowest BCUT2D eigenvalue weighted by Crippen LogP contribution is -2.14. The van der Waals surface area contributed by atoms with Gasteiger partial charge in [0.05, 0.1) is 6.61 Å². The Bertz CT molecular complexity index is 502. The molecule has 0 N–H and O–H groups in total. The number of ether oxygens (including phenoxy) is 2. The molecule has 0 aromatic heterocycles. The Morgan fingerprint density at radius 1 is 1.21 bits per heavy atom. The van der Waals surface area contributed by atoms with Crippen molar-refractivity contribution < 1.29 is 38.4 Å². The molecule has 0 saturated carbocycles. The van der Waals surface area contributed by atoms with Gasteiger partial charge in [0.15, 0.2) is 0 Å². The number of rotatable bonds is 7. The molecule has 0 bridgehead atoms. The molecule has 0 aromatic carbocycles. The van der Waals surface area contributed by atoms with E-state index in [0.717, 1.165) is 6.08 Å². The third-order valence-electron chi connectivity index (χ3n) is 2.42. The van der Waals surface area contributed by atoms with Crippen LogP contribution in [0.2, 0.25) is 0 Å². The molecule has 1 fully saturated rings. The Labute approximate surface area is 140 Å². The van der Waals surface area contributed by atoms with E-state index in [9.17, 15) is 19.2 Å². The summed E-state index contributed by atoms with van der Waals surface area (Å²) >= 11 is 0. The highest BCUT2D eigenvalue weighted by molar-refractivity contribution is 5.94. The van der Waals surface area contributed by atoms with Crippen LogP contribution in [0.1, 0.15) is 33.6 Å². The lowest BCUT2D eigenvalue weighted by molar-refractivity contribution is -0.255. The second kappa shape index (κ2) is 12.0. The average molecular weight is 342 g/mol. The maximum absolute atomic E-state index is 11.1. The highest BCUT2D eigenvalue weighted by Gasteiger charge is 2.23. The summed E-state index contributed by atoms with van der Waals surface area (Å²) in [5.41, 5.74) is 0.355. The fourth-order valence-corrected chi connectivity index (χ4v) is 1.17. The molecular weight excluding hydrogens is 320 g/mol. The van der Waals surface area contributed by atoms with E-state index < -0.39 is 18.4 Å². The van der Waals surface area contributed by atoms with E-state index in [4.69, 9.17) is 4.74 Å². The van der Waals surface area contributed by atoms with E-state index in [1.54, 1.807) is 13.0 Å². The van der Waals surface area contributed by atoms with Crippen LogP contribution in [0.4, 0.5) is 0 Å². The highest BCUT2D eigenvalue weighted by atomic mass is 17.2. The number of carbonyl (C=O) groups excluding carboxylic acids is 4. The van der Waals surface area contributed by atoms with Gasteiger partial charge in [0.2, 0.25) is 0 Å². The lowest BCUT2D eigenvalue weighted by Gasteiger charge is -2.01. The molecule has 134 valence electrons. The van der Waals surface area contributed by atoms with Crippen molar-refractivity contribution in [1.82, 2.24) is 0 Å². The Hall–Kier alpha value is -2.48. The van der Waals surface area contributed by atoms with E-state index in [2.05, 4.69) is 21.1 Å². The minimum atomic E-state index is -0.875. The standard InChI is InChI=1S/C10H14O5.C6H8O3/c1-4-5-7(2)10(13)15-14-9(12)6-8(3)11;1-2-6(7)9-4-5-3-8-5/h5H,4,6H2,1-3H3;2,5H,1,3-4H2. The first kappa shape index (κ1) is 21.5. The molecular formula is C16H22O8. The third-order valence-corrected chi connectivity index (χ3v) is 2.42. The van der Waals surface area contributed by atoms with Crippen molar-refractivity contribution in [3.8, 4) is 0 Å². The van der Waals surface area contributed by atoms with Gasteiger partial charge in [-0.1, -0.05) is 19.6 Å². The first-order valence-corrected chi connectivity index (χ1v) is 7.28. The van der Waals surface area contributed by atoms with Gasteiger partial charge in [0.1, 0.15) is 24.9 Å². The van der Waals surface area contributed by atoms with Crippen LogP contribution in [0, 0.1) is 0 Å². The fraction of sp³-hybridized carbons (Fsp3) is 0.500. The van der Waals surface area contributed by atoms with Gasteiger partial charge in [0.25, 0.3) is 0 Å². The summed E-state index contributed by atoms with van der Waals surface area (Å²) in [7, 11) is 0. The minimum Gasteiger partial charge on any atom is -0.460 e. The summed E-state index contributed by atoms with van der Waals surface area (Å²) in [5.74, 6) is -2.34. The zero-order valence-corrected chi connectivity index (χ0v) is 14.0. The van der Waals surface area contributed by atoms with Crippen molar-refractivity contribution in [3.05, 3.63) is 24.3 Å². The number of esters is 1. The quantitative estimate of drug-likeness (QED) is 0.171. The molecule has 8 heteroatoms. The van der Waals surface area contributed by atoms with Gasteiger partial charge in [0, 0.05) is 11.6 Å². The Morgan fingerprint density at radius 3 is 2.29 bits per heavy atom. The van der Waals surface area contributed by atoms with Crippen LogP contribution in [0.3, 0.4) is 0 Å².